The van der Waals surface area contributed by atoms with E-state index in [4.69, 9.17) is 18.9 Å². The van der Waals surface area contributed by atoms with E-state index in [2.05, 4.69) is 4.98 Å². The Morgan fingerprint density at radius 2 is 1.80 bits per heavy atom. The minimum atomic E-state index is -2.35. The molecule has 3 aromatic heterocycles. The maximum atomic E-state index is 13.4. The van der Waals surface area contributed by atoms with Crippen molar-refractivity contribution in [3.8, 4) is 22.9 Å². The highest BCUT2D eigenvalue weighted by atomic mass is 17.2. The summed E-state index contributed by atoms with van der Waals surface area (Å²) in [5.74, 6) is 0.831. The standard InChI is InChI=1S/C42H46N2O12/c1-22-13-33(48)30-14-25-15-35(41(2,26-5-3-4-6-26)55-38(25)36(39(30)54-22)44-18-24-11-12-43-31(24)19-44)56-53-21-42(52,40(51)37(50)34(49)20-45)17-23-7-10-32(47)28-9-8-27(46)16-29(23)28/h7-14,16,18-19,26,34-35,37,40,43,45-47,49-52H,3-6,15,17,20-21H2,1-2H3/t34-,35-,37-,40+,41-,42+/m1/s1. The average Bonchev–Trinajstić information content (AvgIpc) is 3.95. The molecule has 14 heteroatoms. The summed E-state index contributed by atoms with van der Waals surface area (Å²) in [5, 5.41) is 76.9. The van der Waals surface area contributed by atoms with Crippen LogP contribution in [0.4, 0.5) is 0 Å². The maximum absolute atomic E-state index is 13.4. The van der Waals surface area contributed by atoms with Gasteiger partial charge in [0, 0.05) is 59.8 Å². The van der Waals surface area contributed by atoms with Gasteiger partial charge in [0.25, 0.3) is 0 Å². The molecule has 1 saturated carbocycles. The zero-order valence-corrected chi connectivity index (χ0v) is 31.0. The Morgan fingerprint density at radius 3 is 2.55 bits per heavy atom. The molecule has 1 aliphatic carbocycles. The van der Waals surface area contributed by atoms with Gasteiger partial charge in [-0.2, -0.15) is 0 Å². The molecule has 0 saturated heterocycles. The molecule has 14 nitrogen and oxygen atoms in total. The van der Waals surface area contributed by atoms with Crippen LogP contribution in [0.25, 0.3) is 38.3 Å². The number of aliphatic hydroxyl groups excluding tert-OH is 4. The number of phenols is 2. The third kappa shape index (κ3) is 6.60. The normalized spacial score (nSPS) is 21.6. The van der Waals surface area contributed by atoms with Crippen LogP contribution < -0.4 is 10.2 Å². The van der Waals surface area contributed by atoms with Gasteiger partial charge in [-0.05, 0) is 74.0 Å². The topological polar surface area (TPSA) is 220 Å². The second-order valence-corrected chi connectivity index (χ2v) is 15.6. The number of nitrogens with one attached hydrogen (secondary N) is 1. The minimum absolute atomic E-state index is 0.0265. The van der Waals surface area contributed by atoms with Gasteiger partial charge in [-0.3, -0.25) is 4.79 Å². The van der Waals surface area contributed by atoms with Crippen molar-refractivity contribution in [2.45, 2.75) is 88.0 Å². The van der Waals surface area contributed by atoms with Crippen LogP contribution in [-0.2, 0) is 22.6 Å². The van der Waals surface area contributed by atoms with Crippen molar-refractivity contribution >= 4 is 32.6 Å². The first-order chi connectivity index (χ1) is 26.8. The Balaban J connectivity index is 1.16. The summed E-state index contributed by atoms with van der Waals surface area (Å²) in [6.45, 7) is 2.06. The number of aromatic amines is 1. The van der Waals surface area contributed by atoms with Gasteiger partial charge in [0.2, 0.25) is 0 Å². The van der Waals surface area contributed by atoms with E-state index in [0.29, 0.717) is 50.1 Å². The Kier molecular flexibility index (Phi) is 9.86. The van der Waals surface area contributed by atoms with Gasteiger partial charge in [-0.25, -0.2) is 9.78 Å². The summed E-state index contributed by atoms with van der Waals surface area (Å²) in [6.07, 6.45) is 2.56. The van der Waals surface area contributed by atoms with Crippen LogP contribution in [0.2, 0.25) is 0 Å². The van der Waals surface area contributed by atoms with E-state index in [-0.39, 0.29) is 29.3 Å². The molecule has 4 heterocycles. The second-order valence-electron chi connectivity index (χ2n) is 15.6. The third-order valence-electron chi connectivity index (χ3n) is 11.8. The predicted molar refractivity (Wildman–Crippen MR) is 205 cm³/mol. The highest BCUT2D eigenvalue weighted by Crippen LogP contribution is 2.49. The number of aromatic hydroxyl groups is 2. The van der Waals surface area contributed by atoms with Crippen molar-refractivity contribution in [1.29, 1.82) is 0 Å². The molecule has 296 valence electrons. The van der Waals surface area contributed by atoms with Crippen molar-refractivity contribution in [2.24, 2.45) is 5.92 Å². The summed E-state index contributed by atoms with van der Waals surface area (Å²) in [6, 6.07) is 12.3. The third-order valence-corrected chi connectivity index (χ3v) is 11.8. The lowest BCUT2D eigenvalue weighted by Crippen LogP contribution is -2.58. The first-order valence-corrected chi connectivity index (χ1v) is 18.8. The fourth-order valence-corrected chi connectivity index (χ4v) is 8.62. The minimum Gasteiger partial charge on any atom is -0.508 e. The van der Waals surface area contributed by atoms with Gasteiger partial charge < -0.3 is 54.5 Å². The van der Waals surface area contributed by atoms with Gasteiger partial charge in [-0.1, -0.05) is 18.9 Å². The van der Waals surface area contributed by atoms with Crippen molar-refractivity contribution in [2.75, 3.05) is 13.2 Å². The zero-order valence-electron chi connectivity index (χ0n) is 31.0. The Hall–Kier alpha value is -4.93. The van der Waals surface area contributed by atoms with E-state index in [1.54, 1.807) is 13.0 Å². The number of nitrogens with zero attached hydrogens (tertiary/aromatic N) is 1. The summed E-state index contributed by atoms with van der Waals surface area (Å²) < 4.78 is 15.2. The quantitative estimate of drug-likeness (QED) is 0.0649. The van der Waals surface area contributed by atoms with Crippen LogP contribution in [0.1, 0.15) is 49.5 Å². The first kappa shape index (κ1) is 38.0. The molecule has 0 bridgehead atoms. The van der Waals surface area contributed by atoms with Crippen molar-refractivity contribution in [3.05, 3.63) is 94.2 Å². The molecular formula is C42H46N2O12. The molecule has 56 heavy (non-hydrogen) atoms. The molecule has 0 unspecified atom stereocenters. The number of aromatic nitrogens is 2. The molecule has 0 spiro atoms. The Morgan fingerprint density at radius 1 is 1.02 bits per heavy atom. The second kappa shape index (κ2) is 14.5. The highest BCUT2D eigenvalue weighted by molar-refractivity contribution is 5.92. The SMILES string of the molecule is Cc1cc(=O)c2cc3c(c(-n4cc5cc[nH]c5c4)c2o1)O[C@](C)(C1CCCC1)[C@H](OOC[C@@](O)(Cc1ccc(O)c2ccc(O)cc12)[C@@H](O)[C@H](O)[C@H](O)CO)C3. The number of aryl methyl sites for hydroxylation is 1. The number of H-pyrrole nitrogens is 1. The number of hydrogen-bond donors (Lipinski definition) is 8. The number of rotatable bonds is 12. The maximum Gasteiger partial charge on any atom is 0.193 e. The molecule has 6 aromatic rings. The van der Waals surface area contributed by atoms with Crippen LogP contribution in [0, 0.1) is 12.8 Å². The van der Waals surface area contributed by atoms with Crippen LogP contribution in [0.5, 0.6) is 17.2 Å². The van der Waals surface area contributed by atoms with Crippen molar-refractivity contribution in [3.63, 3.8) is 0 Å². The monoisotopic (exact) mass is 770 g/mol. The van der Waals surface area contributed by atoms with Crippen LogP contribution >= 0.6 is 0 Å². The van der Waals surface area contributed by atoms with Gasteiger partial charge in [0.05, 0.1) is 17.5 Å². The van der Waals surface area contributed by atoms with Gasteiger partial charge in [-0.15, -0.1) is 0 Å². The van der Waals surface area contributed by atoms with Crippen LogP contribution in [0.3, 0.4) is 0 Å². The molecule has 1 aliphatic heterocycles. The molecule has 8 rings (SSSR count). The molecular weight excluding hydrogens is 724 g/mol. The van der Waals surface area contributed by atoms with Crippen molar-refractivity contribution < 1.29 is 54.7 Å². The smallest absolute Gasteiger partial charge is 0.193 e. The Labute approximate surface area is 320 Å². The molecule has 3 aromatic carbocycles. The highest BCUT2D eigenvalue weighted by Gasteiger charge is 2.51. The fourth-order valence-electron chi connectivity index (χ4n) is 8.62. The molecule has 0 amide bonds. The van der Waals surface area contributed by atoms with Crippen molar-refractivity contribution in [1.82, 2.24) is 9.55 Å². The van der Waals surface area contributed by atoms with E-state index in [1.807, 2.05) is 36.1 Å². The van der Waals surface area contributed by atoms with E-state index in [1.165, 1.54) is 36.4 Å². The van der Waals surface area contributed by atoms with Gasteiger partial charge in [0.15, 0.2) is 16.8 Å². The number of phenolic OH excluding ortho intramolecular Hbond substituents is 2. The summed E-state index contributed by atoms with van der Waals surface area (Å²) in [7, 11) is 0. The number of benzene rings is 3. The van der Waals surface area contributed by atoms with Crippen LogP contribution in [-0.4, -0.2) is 94.1 Å². The lowest BCUT2D eigenvalue weighted by molar-refractivity contribution is -0.374. The fraction of sp³-hybridized carbons (Fsp3) is 0.405. The van der Waals surface area contributed by atoms with Gasteiger partial charge in [0.1, 0.15) is 65.2 Å². The molecule has 0 radical (unpaired) electrons. The van der Waals surface area contributed by atoms with Gasteiger partial charge >= 0.3 is 0 Å². The largest absolute Gasteiger partial charge is 0.508 e. The van der Waals surface area contributed by atoms with Crippen LogP contribution in [0.15, 0.2) is 76.3 Å². The molecule has 6 atom stereocenters. The molecule has 1 fully saturated rings. The number of hydrogen-bond acceptors (Lipinski definition) is 12. The summed E-state index contributed by atoms with van der Waals surface area (Å²) in [4.78, 5) is 28.7. The number of fused-ring (bicyclic) bond motifs is 4. The lowest BCUT2D eigenvalue weighted by atomic mass is 9.78. The number of aliphatic hydroxyl groups is 5. The van der Waals surface area contributed by atoms with E-state index in [0.717, 1.165) is 36.6 Å². The predicted octanol–water partition coefficient (Wildman–Crippen LogP) is 4.19. The first-order valence-electron chi connectivity index (χ1n) is 18.8. The zero-order chi connectivity index (χ0) is 39.5. The summed E-state index contributed by atoms with van der Waals surface area (Å²) in [5.41, 5.74) is -0.680. The summed E-state index contributed by atoms with van der Waals surface area (Å²) >= 11 is 0. The van der Waals surface area contributed by atoms with E-state index >= 15 is 0 Å². The molecule has 2 aliphatic rings. The Bertz CT molecular complexity index is 2440. The number of ether oxygens (including phenoxy) is 1. The van der Waals surface area contributed by atoms with E-state index in [9.17, 15) is 40.5 Å². The lowest BCUT2D eigenvalue weighted by Gasteiger charge is -2.46. The average molecular weight is 771 g/mol. The molecule has 8 N–H and O–H groups in total. The van der Waals surface area contributed by atoms with E-state index < -0.39 is 55.3 Å².